The van der Waals surface area contributed by atoms with E-state index in [4.69, 9.17) is 33.5 Å². The monoisotopic (exact) mass is 240 g/mol. The third-order valence-electron chi connectivity index (χ3n) is 1.86. The number of benzene rings is 1. The number of terminal acetylenes is 3. The van der Waals surface area contributed by atoms with Crippen molar-refractivity contribution in [3.63, 3.8) is 0 Å². The summed E-state index contributed by atoms with van der Waals surface area (Å²) in [5.41, 5.74) is 0. The van der Waals surface area contributed by atoms with E-state index in [9.17, 15) is 0 Å². The second-order valence-corrected chi connectivity index (χ2v) is 3.09. The molecule has 1 aromatic rings. The second-order valence-electron chi connectivity index (χ2n) is 3.09. The van der Waals surface area contributed by atoms with E-state index in [2.05, 4.69) is 17.8 Å². The fourth-order valence-corrected chi connectivity index (χ4v) is 1.17. The molecule has 0 amide bonds. The van der Waals surface area contributed by atoms with Crippen LogP contribution in [-0.2, 0) is 0 Å². The van der Waals surface area contributed by atoms with Crippen molar-refractivity contribution in [2.24, 2.45) is 0 Å². The minimum Gasteiger partial charge on any atom is -0.481 e. The van der Waals surface area contributed by atoms with Crippen molar-refractivity contribution in [1.82, 2.24) is 0 Å². The molecule has 0 bridgehead atoms. The molecule has 0 aliphatic carbocycles. The van der Waals surface area contributed by atoms with Crippen LogP contribution in [0.2, 0.25) is 0 Å². The highest BCUT2D eigenvalue weighted by Gasteiger charge is 2.07. The van der Waals surface area contributed by atoms with Crippen molar-refractivity contribution in [1.29, 1.82) is 0 Å². The minimum absolute atomic E-state index is 0.130. The Labute approximate surface area is 107 Å². The van der Waals surface area contributed by atoms with Crippen LogP contribution in [-0.4, -0.2) is 19.8 Å². The van der Waals surface area contributed by atoms with Crippen LogP contribution in [0.1, 0.15) is 0 Å². The smallest absolute Gasteiger partial charge is 0.166 e. The van der Waals surface area contributed by atoms with Crippen LogP contribution in [0.25, 0.3) is 0 Å². The molecule has 0 atom stereocenters. The van der Waals surface area contributed by atoms with Crippen molar-refractivity contribution < 1.29 is 14.2 Å². The summed E-state index contributed by atoms with van der Waals surface area (Å²) < 4.78 is 15.9. The molecular formula is C15H12O3. The molecule has 0 radical (unpaired) electrons. The van der Waals surface area contributed by atoms with Gasteiger partial charge in [0.25, 0.3) is 0 Å². The Morgan fingerprint density at radius 3 is 1.94 bits per heavy atom. The van der Waals surface area contributed by atoms with Crippen molar-refractivity contribution >= 4 is 0 Å². The third-order valence-corrected chi connectivity index (χ3v) is 1.86. The SMILES string of the molecule is C#CCOc1ccc(OCC#C)c(OCC#C)c1. The van der Waals surface area contributed by atoms with Crippen LogP contribution in [0, 0.1) is 37.0 Å². The van der Waals surface area contributed by atoms with Gasteiger partial charge in [-0.2, -0.15) is 0 Å². The molecule has 1 rings (SSSR count). The second kappa shape index (κ2) is 7.55. The van der Waals surface area contributed by atoms with Crippen LogP contribution in [0.5, 0.6) is 17.2 Å². The Morgan fingerprint density at radius 2 is 1.33 bits per heavy atom. The van der Waals surface area contributed by atoms with Crippen LogP contribution in [0.4, 0.5) is 0 Å². The summed E-state index contributed by atoms with van der Waals surface area (Å²) in [6.07, 6.45) is 15.4. The van der Waals surface area contributed by atoms with Crippen molar-refractivity contribution in [3.8, 4) is 54.3 Å². The highest BCUT2D eigenvalue weighted by atomic mass is 16.5. The van der Waals surface area contributed by atoms with Gasteiger partial charge in [-0.25, -0.2) is 0 Å². The average molecular weight is 240 g/mol. The fraction of sp³-hybridized carbons (Fsp3) is 0.200. The predicted molar refractivity (Wildman–Crippen MR) is 69.4 cm³/mol. The van der Waals surface area contributed by atoms with Crippen LogP contribution >= 0.6 is 0 Å². The number of hydrogen-bond donors (Lipinski definition) is 0. The van der Waals surface area contributed by atoms with Gasteiger partial charge in [0, 0.05) is 6.07 Å². The molecule has 0 aromatic heterocycles. The predicted octanol–water partition coefficient (Wildman–Crippen LogP) is 1.72. The molecule has 0 aliphatic rings. The first-order valence-corrected chi connectivity index (χ1v) is 5.14. The first kappa shape index (κ1) is 13.4. The Morgan fingerprint density at radius 1 is 0.778 bits per heavy atom. The summed E-state index contributed by atoms with van der Waals surface area (Å²) in [5.74, 6) is 8.68. The van der Waals surface area contributed by atoms with Gasteiger partial charge in [-0.05, 0) is 12.1 Å². The zero-order valence-corrected chi connectivity index (χ0v) is 9.81. The van der Waals surface area contributed by atoms with E-state index < -0.39 is 0 Å². The summed E-state index contributed by atoms with van der Waals surface area (Å²) >= 11 is 0. The lowest BCUT2D eigenvalue weighted by atomic mass is 10.3. The summed E-state index contributed by atoms with van der Waals surface area (Å²) in [7, 11) is 0. The molecule has 0 spiro atoms. The molecular weight excluding hydrogens is 228 g/mol. The Hall–Kier alpha value is -2.70. The van der Waals surface area contributed by atoms with Gasteiger partial charge in [-0.3, -0.25) is 0 Å². The summed E-state index contributed by atoms with van der Waals surface area (Å²) in [6, 6.07) is 5.06. The van der Waals surface area contributed by atoms with Crippen LogP contribution in [0.3, 0.4) is 0 Å². The molecule has 1 aromatic carbocycles. The summed E-state index contributed by atoms with van der Waals surface area (Å²) in [4.78, 5) is 0. The van der Waals surface area contributed by atoms with E-state index in [-0.39, 0.29) is 19.8 Å². The number of ether oxygens (including phenoxy) is 3. The Kier molecular flexibility index (Phi) is 5.61. The molecule has 0 aliphatic heterocycles. The zero-order valence-electron chi connectivity index (χ0n) is 9.81. The molecule has 0 saturated carbocycles. The van der Waals surface area contributed by atoms with E-state index in [0.717, 1.165) is 0 Å². The molecule has 90 valence electrons. The number of rotatable bonds is 6. The molecule has 0 saturated heterocycles. The maximum atomic E-state index is 5.34. The van der Waals surface area contributed by atoms with Gasteiger partial charge in [0.2, 0.25) is 0 Å². The van der Waals surface area contributed by atoms with Crippen molar-refractivity contribution in [2.75, 3.05) is 19.8 Å². The van der Waals surface area contributed by atoms with Crippen molar-refractivity contribution in [3.05, 3.63) is 18.2 Å². The van der Waals surface area contributed by atoms with Gasteiger partial charge in [0.05, 0.1) is 0 Å². The van der Waals surface area contributed by atoms with Gasteiger partial charge in [0.1, 0.15) is 25.6 Å². The maximum Gasteiger partial charge on any atom is 0.166 e. The zero-order chi connectivity index (χ0) is 13.2. The van der Waals surface area contributed by atoms with Crippen molar-refractivity contribution in [2.45, 2.75) is 0 Å². The topological polar surface area (TPSA) is 27.7 Å². The summed E-state index contributed by atoms with van der Waals surface area (Å²) in [5, 5.41) is 0. The van der Waals surface area contributed by atoms with E-state index >= 15 is 0 Å². The molecule has 18 heavy (non-hydrogen) atoms. The lowest BCUT2D eigenvalue weighted by molar-refractivity contribution is 0.309. The maximum absolute atomic E-state index is 5.34. The Balaban J connectivity index is 2.87. The molecule has 3 heteroatoms. The fourth-order valence-electron chi connectivity index (χ4n) is 1.17. The number of hydrogen-bond acceptors (Lipinski definition) is 3. The first-order chi connectivity index (χ1) is 8.81. The highest BCUT2D eigenvalue weighted by molar-refractivity contribution is 5.46. The molecule has 0 unspecified atom stereocenters. The van der Waals surface area contributed by atoms with Gasteiger partial charge < -0.3 is 14.2 Å². The molecule has 3 nitrogen and oxygen atoms in total. The summed E-state index contributed by atoms with van der Waals surface area (Å²) in [6.45, 7) is 0.459. The van der Waals surface area contributed by atoms with Gasteiger partial charge in [0.15, 0.2) is 11.5 Å². The largest absolute Gasteiger partial charge is 0.481 e. The lowest BCUT2D eigenvalue weighted by Gasteiger charge is -2.11. The highest BCUT2D eigenvalue weighted by Crippen LogP contribution is 2.31. The lowest BCUT2D eigenvalue weighted by Crippen LogP contribution is -2.01. The normalized spacial score (nSPS) is 8.50. The van der Waals surface area contributed by atoms with Crippen LogP contribution in [0.15, 0.2) is 18.2 Å². The molecule has 0 heterocycles. The van der Waals surface area contributed by atoms with E-state index in [1.807, 2.05) is 0 Å². The minimum atomic E-state index is 0.130. The van der Waals surface area contributed by atoms with Gasteiger partial charge >= 0.3 is 0 Å². The van der Waals surface area contributed by atoms with Gasteiger partial charge in [-0.15, -0.1) is 19.3 Å². The van der Waals surface area contributed by atoms with Gasteiger partial charge in [-0.1, -0.05) is 17.8 Å². The first-order valence-electron chi connectivity index (χ1n) is 5.14. The van der Waals surface area contributed by atoms with E-state index in [1.54, 1.807) is 18.2 Å². The van der Waals surface area contributed by atoms with E-state index in [0.29, 0.717) is 17.2 Å². The molecule has 0 N–H and O–H groups in total. The van der Waals surface area contributed by atoms with E-state index in [1.165, 1.54) is 0 Å². The standard InChI is InChI=1S/C15H12O3/c1-4-9-16-13-7-8-14(17-10-5-2)15(12-13)18-11-6-3/h1-3,7-8,12H,9-11H2. The van der Waals surface area contributed by atoms with Crippen LogP contribution < -0.4 is 14.2 Å². The Bertz CT molecular complexity index is 512. The molecule has 0 fully saturated rings. The third kappa shape index (κ3) is 4.05. The average Bonchev–Trinajstić information content (AvgIpc) is 2.41. The quantitative estimate of drug-likeness (QED) is 0.709.